The first-order valence-electron chi connectivity index (χ1n) is 10.4. The lowest BCUT2D eigenvalue weighted by molar-refractivity contribution is -0.114. The monoisotopic (exact) mass is 411 g/mol. The van der Waals surface area contributed by atoms with Gasteiger partial charge >= 0.3 is 0 Å². The third kappa shape index (κ3) is 4.97. The van der Waals surface area contributed by atoms with Crippen molar-refractivity contribution in [2.45, 2.75) is 32.1 Å². The normalized spacial score (nSPS) is 15.4. The molecule has 1 saturated heterocycles. The Morgan fingerprint density at radius 1 is 1.27 bits per heavy atom. The Morgan fingerprint density at radius 2 is 2.10 bits per heavy atom. The van der Waals surface area contributed by atoms with Crippen LogP contribution in [0.15, 0.2) is 47.0 Å². The predicted molar refractivity (Wildman–Crippen MR) is 113 cm³/mol. The number of nitrogens with one attached hydrogen (secondary N) is 1. The van der Waals surface area contributed by atoms with E-state index in [1.54, 1.807) is 6.07 Å². The standard InChI is InChI=1S/C23H26FN3O3/c1-16(28)25-19-4-2-5-20(15-19)29-13-3-10-27-11-8-17(9-12-27)23-21-7-6-18(24)14-22(21)26-30-23/h2,4-7,14-15,17H,3,8-13H2,1H3,(H,25,28). The van der Waals surface area contributed by atoms with E-state index in [1.165, 1.54) is 19.1 Å². The van der Waals surface area contributed by atoms with Gasteiger partial charge in [0.15, 0.2) is 0 Å². The third-order valence-electron chi connectivity index (χ3n) is 5.47. The number of anilines is 1. The summed E-state index contributed by atoms with van der Waals surface area (Å²) in [5.41, 5.74) is 1.33. The van der Waals surface area contributed by atoms with Crippen molar-refractivity contribution < 1.29 is 18.4 Å². The van der Waals surface area contributed by atoms with Crippen molar-refractivity contribution in [2.75, 3.05) is 31.6 Å². The lowest BCUT2D eigenvalue weighted by Gasteiger charge is -2.30. The number of ether oxygens (including phenoxy) is 1. The fourth-order valence-electron chi connectivity index (χ4n) is 3.99. The van der Waals surface area contributed by atoms with Crippen LogP contribution in [-0.2, 0) is 4.79 Å². The number of carbonyl (C=O) groups excluding carboxylic acids is 1. The average molecular weight is 411 g/mol. The number of carbonyl (C=O) groups is 1. The number of hydrogen-bond acceptors (Lipinski definition) is 5. The fraction of sp³-hybridized carbons (Fsp3) is 0.391. The number of nitrogens with zero attached hydrogens (tertiary/aromatic N) is 2. The van der Waals surface area contributed by atoms with Gasteiger partial charge in [0.25, 0.3) is 0 Å². The Balaban J connectivity index is 1.21. The second kappa shape index (κ2) is 9.26. The predicted octanol–water partition coefficient (Wildman–Crippen LogP) is 4.57. The minimum atomic E-state index is -0.291. The molecule has 0 radical (unpaired) electrons. The zero-order valence-corrected chi connectivity index (χ0v) is 17.1. The quantitative estimate of drug-likeness (QED) is 0.577. The van der Waals surface area contributed by atoms with Gasteiger partial charge in [0, 0.05) is 42.6 Å². The van der Waals surface area contributed by atoms with Gasteiger partial charge in [-0.3, -0.25) is 4.79 Å². The summed E-state index contributed by atoms with van der Waals surface area (Å²) in [6.07, 6.45) is 2.93. The highest BCUT2D eigenvalue weighted by Crippen LogP contribution is 2.33. The molecule has 30 heavy (non-hydrogen) atoms. The van der Waals surface area contributed by atoms with Gasteiger partial charge in [-0.25, -0.2) is 4.39 Å². The van der Waals surface area contributed by atoms with Crippen molar-refractivity contribution in [3.05, 3.63) is 54.0 Å². The number of benzene rings is 2. The average Bonchev–Trinajstić information content (AvgIpc) is 3.14. The third-order valence-corrected chi connectivity index (χ3v) is 5.47. The second-order valence-corrected chi connectivity index (χ2v) is 7.74. The van der Waals surface area contributed by atoms with Crippen molar-refractivity contribution in [3.8, 4) is 5.75 Å². The minimum Gasteiger partial charge on any atom is -0.493 e. The number of halogens is 1. The largest absolute Gasteiger partial charge is 0.493 e. The Morgan fingerprint density at radius 3 is 2.90 bits per heavy atom. The maximum atomic E-state index is 13.3. The topological polar surface area (TPSA) is 67.6 Å². The van der Waals surface area contributed by atoms with Gasteiger partial charge in [0.2, 0.25) is 5.91 Å². The zero-order valence-electron chi connectivity index (χ0n) is 17.1. The van der Waals surface area contributed by atoms with Crippen LogP contribution in [0.4, 0.5) is 10.1 Å². The molecule has 2 aromatic carbocycles. The molecule has 6 nitrogen and oxygen atoms in total. The van der Waals surface area contributed by atoms with Gasteiger partial charge in [-0.15, -0.1) is 0 Å². The molecule has 1 aromatic heterocycles. The molecule has 2 heterocycles. The lowest BCUT2D eigenvalue weighted by atomic mass is 9.92. The van der Waals surface area contributed by atoms with E-state index in [2.05, 4.69) is 15.4 Å². The highest BCUT2D eigenvalue weighted by atomic mass is 19.1. The maximum Gasteiger partial charge on any atom is 0.221 e. The molecular formula is C23H26FN3O3. The summed E-state index contributed by atoms with van der Waals surface area (Å²) in [7, 11) is 0. The second-order valence-electron chi connectivity index (χ2n) is 7.74. The number of aromatic nitrogens is 1. The van der Waals surface area contributed by atoms with Crippen LogP contribution in [0.1, 0.15) is 37.9 Å². The van der Waals surface area contributed by atoms with E-state index < -0.39 is 0 Å². The van der Waals surface area contributed by atoms with E-state index in [0.717, 1.165) is 61.5 Å². The molecule has 4 rings (SSSR count). The van der Waals surface area contributed by atoms with Crippen LogP contribution >= 0.6 is 0 Å². The summed E-state index contributed by atoms with van der Waals surface area (Å²) in [5, 5.41) is 7.70. The van der Waals surface area contributed by atoms with Crippen LogP contribution in [0.25, 0.3) is 10.9 Å². The van der Waals surface area contributed by atoms with Gasteiger partial charge in [0.05, 0.1) is 6.61 Å². The molecule has 0 aliphatic carbocycles. The lowest BCUT2D eigenvalue weighted by Crippen LogP contribution is -2.34. The first kappa shape index (κ1) is 20.3. The molecule has 1 fully saturated rings. The molecule has 0 spiro atoms. The number of piperidine rings is 1. The SMILES string of the molecule is CC(=O)Nc1cccc(OCCCN2CCC(c3onc4cc(F)ccc34)CC2)c1. The number of likely N-dealkylation sites (tertiary alicyclic amines) is 1. The van der Waals surface area contributed by atoms with Gasteiger partial charge in [-0.2, -0.15) is 0 Å². The molecular weight excluding hydrogens is 385 g/mol. The summed E-state index contributed by atoms with van der Waals surface area (Å²) in [5.74, 6) is 1.58. The molecule has 1 N–H and O–H groups in total. The molecule has 1 aliphatic rings. The van der Waals surface area contributed by atoms with Crippen LogP contribution in [0.3, 0.4) is 0 Å². The van der Waals surface area contributed by atoms with Gasteiger partial charge < -0.3 is 19.5 Å². The van der Waals surface area contributed by atoms with E-state index in [0.29, 0.717) is 18.0 Å². The van der Waals surface area contributed by atoms with Crippen molar-refractivity contribution in [1.29, 1.82) is 0 Å². The van der Waals surface area contributed by atoms with E-state index in [4.69, 9.17) is 9.26 Å². The molecule has 158 valence electrons. The van der Waals surface area contributed by atoms with Crippen LogP contribution in [0.2, 0.25) is 0 Å². The smallest absolute Gasteiger partial charge is 0.221 e. The van der Waals surface area contributed by atoms with Crippen LogP contribution in [0, 0.1) is 5.82 Å². The molecule has 0 bridgehead atoms. The fourth-order valence-corrected chi connectivity index (χ4v) is 3.99. The van der Waals surface area contributed by atoms with Gasteiger partial charge in [0.1, 0.15) is 22.8 Å². The highest BCUT2D eigenvalue weighted by Gasteiger charge is 2.25. The van der Waals surface area contributed by atoms with Gasteiger partial charge in [-0.1, -0.05) is 11.2 Å². The Kier molecular flexibility index (Phi) is 6.28. The molecule has 1 amide bonds. The Labute approximate surface area is 175 Å². The number of fused-ring (bicyclic) bond motifs is 1. The van der Waals surface area contributed by atoms with Crippen LogP contribution in [0.5, 0.6) is 5.75 Å². The number of amides is 1. The van der Waals surface area contributed by atoms with Crippen molar-refractivity contribution >= 4 is 22.5 Å². The van der Waals surface area contributed by atoms with E-state index in [-0.39, 0.29) is 11.7 Å². The first-order valence-corrected chi connectivity index (χ1v) is 10.4. The number of rotatable bonds is 7. The summed E-state index contributed by atoms with van der Waals surface area (Å²) >= 11 is 0. The Bertz CT molecular complexity index is 1010. The Hall–Kier alpha value is -2.93. The summed E-state index contributed by atoms with van der Waals surface area (Å²) < 4.78 is 24.7. The maximum absolute atomic E-state index is 13.3. The molecule has 0 saturated carbocycles. The van der Waals surface area contributed by atoms with Crippen LogP contribution in [-0.4, -0.2) is 42.2 Å². The number of hydrogen-bond donors (Lipinski definition) is 1. The summed E-state index contributed by atoms with van der Waals surface area (Å²) in [6.45, 7) is 5.07. The molecule has 1 aliphatic heterocycles. The summed E-state index contributed by atoms with van der Waals surface area (Å²) in [6, 6.07) is 12.1. The molecule has 0 atom stereocenters. The van der Waals surface area contributed by atoms with E-state index in [1.807, 2.05) is 24.3 Å². The summed E-state index contributed by atoms with van der Waals surface area (Å²) in [4.78, 5) is 13.6. The highest BCUT2D eigenvalue weighted by molar-refractivity contribution is 5.88. The van der Waals surface area contributed by atoms with E-state index in [9.17, 15) is 9.18 Å². The first-order chi connectivity index (χ1) is 14.6. The zero-order chi connectivity index (χ0) is 20.9. The van der Waals surface area contributed by atoms with E-state index >= 15 is 0 Å². The van der Waals surface area contributed by atoms with Gasteiger partial charge in [-0.05, 0) is 56.6 Å². The van der Waals surface area contributed by atoms with Crippen molar-refractivity contribution in [2.24, 2.45) is 0 Å². The molecule has 0 unspecified atom stereocenters. The molecule has 7 heteroatoms. The van der Waals surface area contributed by atoms with Crippen LogP contribution < -0.4 is 10.1 Å². The molecule has 3 aromatic rings. The van der Waals surface area contributed by atoms with Crippen molar-refractivity contribution in [3.63, 3.8) is 0 Å². The van der Waals surface area contributed by atoms with Crippen molar-refractivity contribution in [1.82, 2.24) is 10.1 Å². The minimum absolute atomic E-state index is 0.0963.